The van der Waals surface area contributed by atoms with Crippen molar-refractivity contribution in [2.45, 2.75) is 38.9 Å². The number of carbonyl (C=O) groups excluding carboxylic acids is 1. The van der Waals surface area contributed by atoms with Crippen molar-refractivity contribution in [3.63, 3.8) is 0 Å². The first kappa shape index (κ1) is 19.5. The quantitative estimate of drug-likeness (QED) is 0.744. The Hall–Kier alpha value is -2.43. The number of fused-ring (bicyclic) bond motifs is 1. The number of Topliss-reactive ketones (excluding diaryl/α,β-unsaturated/α-hetero) is 1. The Labute approximate surface area is 178 Å². The fourth-order valence-corrected chi connectivity index (χ4v) is 5.61. The number of ether oxygens (including phenoxy) is 2. The molecule has 3 atom stereocenters. The Morgan fingerprint density at radius 3 is 2.30 bits per heavy atom. The standard InChI is InChI=1S/C26H29NO3/c1-18-22-12-13-23(24(28)25(22,2)14-15-26(18)29-16-17-30-26)27-21-10-8-20(9-11-21)19-6-4-3-5-7-19/h3-11,13,18,22,27H,12,14-17H2,1-2H3/t18-,22-,25?/m0/s1. The third-order valence-electron chi connectivity index (χ3n) is 7.49. The zero-order valence-corrected chi connectivity index (χ0v) is 17.7. The van der Waals surface area contributed by atoms with Gasteiger partial charge in [0.2, 0.25) is 0 Å². The summed E-state index contributed by atoms with van der Waals surface area (Å²) < 4.78 is 12.0. The number of rotatable bonds is 3. The Bertz CT molecular complexity index is 960. The molecular formula is C26H29NO3. The van der Waals surface area contributed by atoms with Crippen LogP contribution in [-0.4, -0.2) is 24.8 Å². The topological polar surface area (TPSA) is 47.6 Å². The van der Waals surface area contributed by atoms with Gasteiger partial charge in [0, 0.05) is 23.4 Å². The molecule has 1 spiro atoms. The minimum absolute atomic E-state index is 0.200. The summed E-state index contributed by atoms with van der Waals surface area (Å²) in [7, 11) is 0. The molecule has 0 bridgehead atoms. The predicted octanol–water partition coefficient (Wildman–Crippen LogP) is 5.42. The number of hydrogen-bond donors (Lipinski definition) is 1. The SMILES string of the molecule is C[C@H]1[C@@H]2CC=C(Nc3ccc(-c4ccccc4)cc3)C(=O)C2(C)CCC12OCCO2. The average molecular weight is 404 g/mol. The maximum absolute atomic E-state index is 13.5. The highest BCUT2D eigenvalue weighted by Crippen LogP contribution is 2.55. The van der Waals surface area contributed by atoms with E-state index in [9.17, 15) is 4.79 Å². The number of carbonyl (C=O) groups is 1. The molecule has 3 aliphatic rings. The van der Waals surface area contributed by atoms with Crippen molar-refractivity contribution in [3.8, 4) is 11.1 Å². The van der Waals surface area contributed by atoms with Crippen LogP contribution in [0.4, 0.5) is 5.69 Å². The number of hydrogen-bond acceptors (Lipinski definition) is 4. The summed E-state index contributed by atoms with van der Waals surface area (Å²) in [5, 5.41) is 3.39. The molecule has 1 heterocycles. The van der Waals surface area contributed by atoms with Crippen LogP contribution in [0.25, 0.3) is 11.1 Å². The van der Waals surface area contributed by atoms with Crippen LogP contribution in [-0.2, 0) is 14.3 Å². The van der Waals surface area contributed by atoms with E-state index in [1.165, 1.54) is 11.1 Å². The molecule has 2 aromatic rings. The van der Waals surface area contributed by atoms with Gasteiger partial charge in [-0.25, -0.2) is 0 Å². The summed E-state index contributed by atoms with van der Waals surface area (Å²) in [6.45, 7) is 5.63. The fraction of sp³-hybridized carbons (Fsp3) is 0.423. The molecule has 2 aliphatic carbocycles. The molecule has 1 saturated carbocycles. The van der Waals surface area contributed by atoms with E-state index in [4.69, 9.17) is 9.47 Å². The van der Waals surface area contributed by atoms with Crippen molar-refractivity contribution >= 4 is 11.5 Å². The average Bonchev–Trinajstić information content (AvgIpc) is 3.26. The van der Waals surface area contributed by atoms with Gasteiger partial charge in [0.25, 0.3) is 0 Å². The van der Waals surface area contributed by atoms with E-state index in [1.54, 1.807) is 0 Å². The van der Waals surface area contributed by atoms with E-state index in [2.05, 4.69) is 49.5 Å². The second-order valence-corrected chi connectivity index (χ2v) is 9.07. The van der Waals surface area contributed by atoms with Gasteiger partial charge >= 0.3 is 0 Å². The van der Waals surface area contributed by atoms with Gasteiger partial charge in [-0.15, -0.1) is 0 Å². The molecule has 2 aromatic carbocycles. The molecule has 4 heteroatoms. The van der Waals surface area contributed by atoms with Gasteiger partial charge in [-0.05, 0) is 42.0 Å². The van der Waals surface area contributed by atoms with Crippen LogP contribution in [0.1, 0.15) is 33.1 Å². The summed E-state index contributed by atoms with van der Waals surface area (Å²) in [6.07, 6.45) is 4.52. The summed E-state index contributed by atoms with van der Waals surface area (Å²) >= 11 is 0. The zero-order valence-electron chi connectivity index (χ0n) is 17.7. The number of benzene rings is 2. The van der Waals surface area contributed by atoms with Crippen molar-refractivity contribution in [2.24, 2.45) is 17.3 Å². The molecule has 0 amide bonds. The third kappa shape index (κ3) is 3.10. The summed E-state index contributed by atoms with van der Waals surface area (Å²) in [5.41, 5.74) is 3.65. The van der Waals surface area contributed by atoms with Gasteiger partial charge in [0.1, 0.15) is 0 Å². The van der Waals surface area contributed by atoms with Gasteiger partial charge in [-0.1, -0.05) is 62.4 Å². The van der Waals surface area contributed by atoms with E-state index in [0.29, 0.717) is 13.2 Å². The molecule has 5 rings (SSSR count). The Morgan fingerprint density at radius 1 is 0.933 bits per heavy atom. The van der Waals surface area contributed by atoms with Crippen molar-refractivity contribution < 1.29 is 14.3 Å². The van der Waals surface area contributed by atoms with E-state index in [1.807, 2.05) is 30.3 Å². The van der Waals surface area contributed by atoms with Crippen LogP contribution in [0.2, 0.25) is 0 Å². The number of anilines is 1. The number of nitrogens with one attached hydrogen (secondary N) is 1. The van der Waals surface area contributed by atoms with Gasteiger partial charge in [-0.3, -0.25) is 4.79 Å². The maximum atomic E-state index is 13.5. The van der Waals surface area contributed by atoms with Crippen molar-refractivity contribution in [1.82, 2.24) is 0 Å². The molecule has 1 N–H and O–H groups in total. The van der Waals surface area contributed by atoms with E-state index < -0.39 is 5.79 Å². The first-order valence-corrected chi connectivity index (χ1v) is 11.0. The van der Waals surface area contributed by atoms with Gasteiger partial charge in [-0.2, -0.15) is 0 Å². The van der Waals surface area contributed by atoms with Crippen LogP contribution in [0.5, 0.6) is 0 Å². The minimum Gasteiger partial charge on any atom is -0.353 e. The smallest absolute Gasteiger partial charge is 0.184 e. The largest absolute Gasteiger partial charge is 0.353 e. The normalized spacial score (nSPS) is 30.1. The molecule has 0 aromatic heterocycles. The third-order valence-corrected chi connectivity index (χ3v) is 7.49. The van der Waals surface area contributed by atoms with Crippen molar-refractivity contribution in [2.75, 3.05) is 18.5 Å². The highest BCUT2D eigenvalue weighted by atomic mass is 16.7. The molecule has 1 saturated heterocycles. The Morgan fingerprint density at radius 2 is 1.60 bits per heavy atom. The maximum Gasteiger partial charge on any atom is 0.184 e. The van der Waals surface area contributed by atoms with Gasteiger partial charge in [0.15, 0.2) is 11.6 Å². The predicted molar refractivity (Wildman–Crippen MR) is 118 cm³/mol. The van der Waals surface area contributed by atoms with Crippen LogP contribution >= 0.6 is 0 Å². The molecule has 1 unspecified atom stereocenters. The van der Waals surface area contributed by atoms with Crippen molar-refractivity contribution in [3.05, 3.63) is 66.4 Å². The second kappa shape index (κ2) is 7.36. The Kier molecular flexibility index (Phi) is 4.79. The zero-order chi connectivity index (χ0) is 20.8. The Balaban J connectivity index is 1.35. The van der Waals surface area contributed by atoms with Crippen LogP contribution in [0, 0.1) is 17.3 Å². The number of allylic oxidation sites excluding steroid dienone is 2. The van der Waals surface area contributed by atoms with E-state index in [0.717, 1.165) is 30.6 Å². The second-order valence-electron chi connectivity index (χ2n) is 9.07. The van der Waals surface area contributed by atoms with Crippen LogP contribution in [0.3, 0.4) is 0 Å². The lowest BCUT2D eigenvalue weighted by Gasteiger charge is -2.52. The molecule has 156 valence electrons. The summed E-state index contributed by atoms with van der Waals surface area (Å²) in [6, 6.07) is 18.6. The van der Waals surface area contributed by atoms with Gasteiger partial charge in [0.05, 0.1) is 18.9 Å². The molecule has 30 heavy (non-hydrogen) atoms. The lowest BCUT2D eigenvalue weighted by Crippen LogP contribution is -2.56. The number of ketones is 1. The first-order chi connectivity index (χ1) is 14.5. The lowest BCUT2D eigenvalue weighted by atomic mass is 9.55. The minimum atomic E-state index is -0.490. The molecular weight excluding hydrogens is 374 g/mol. The monoisotopic (exact) mass is 403 g/mol. The van der Waals surface area contributed by atoms with Crippen molar-refractivity contribution in [1.29, 1.82) is 0 Å². The van der Waals surface area contributed by atoms with E-state index in [-0.39, 0.29) is 23.0 Å². The molecule has 2 fully saturated rings. The summed E-state index contributed by atoms with van der Waals surface area (Å²) in [5.74, 6) is 0.162. The highest BCUT2D eigenvalue weighted by Gasteiger charge is 2.58. The lowest BCUT2D eigenvalue weighted by molar-refractivity contribution is -0.239. The highest BCUT2D eigenvalue weighted by molar-refractivity contribution is 6.03. The molecule has 1 aliphatic heterocycles. The summed E-state index contributed by atoms with van der Waals surface area (Å²) in [4.78, 5) is 13.5. The first-order valence-electron chi connectivity index (χ1n) is 11.0. The van der Waals surface area contributed by atoms with Crippen LogP contribution in [0.15, 0.2) is 66.4 Å². The van der Waals surface area contributed by atoms with E-state index >= 15 is 0 Å². The van der Waals surface area contributed by atoms with Crippen LogP contribution < -0.4 is 5.32 Å². The molecule has 0 radical (unpaired) electrons. The molecule has 4 nitrogen and oxygen atoms in total. The fourth-order valence-electron chi connectivity index (χ4n) is 5.61. The van der Waals surface area contributed by atoms with Gasteiger partial charge < -0.3 is 14.8 Å².